The van der Waals surface area contributed by atoms with Crippen molar-refractivity contribution < 1.29 is 10.2 Å². The molecule has 0 aliphatic heterocycles. The van der Waals surface area contributed by atoms with Gasteiger partial charge in [-0.2, -0.15) is 0 Å². The Morgan fingerprint density at radius 1 is 0.909 bits per heavy atom. The van der Waals surface area contributed by atoms with Gasteiger partial charge in [0, 0.05) is 6.42 Å². The van der Waals surface area contributed by atoms with Crippen LogP contribution in [0.15, 0.2) is 0 Å². The third-order valence-electron chi connectivity index (χ3n) is 4.17. The van der Waals surface area contributed by atoms with Crippen molar-refractivity contribution in [1.29, 1.82) is 0 Å². The summed E-state index contributed by atoms with van der Waals surface area (Å²) in [7, 11) is 0. The van der Waals surface area contributed by atoms with Gasteiger partial charge in [0.05, 0.1) is 12.6 Å². The summed E-state index contributed by atoms with van der Waals surface area (Å²) in [4.78, 5) is 0. The van der Waals surface area contributed by atoms with E-state index in [9.17, 15) is 5.11 Å². The van der Waals surface area contributed by atoms with Gasteiger partial charge in [-0.05, 0) is 13.3 Å². The highest BCUT2D eigenvalue weighted by atomic mass is 16.3. The van der Waals surface area contributed by atoms with Crippen LogP contribution >= 0.6 is 0 Å². The van der Waals surface area contributed by atoms with Crippen LogP contribution in [0.4, 0.5) is 0 Å². The Morgan fingerprint density at radius 2 is 1.36 bits per heavy atom. The maximum Gasteiger partial charge on any atom is 0.139 e. The summed E-state index contributed by atoms with van der Waals surface area (Å²) in [5.74, 6) is 5.75. The molecule has 0 aromatic rings. The lowest BCUT2D eigenvalue weighted by molar-refractivity contribution is 0.0648. The van der Waals surface area contributed by atoms with E-state index in [1.54, 1.807) is 6.92 Å². The van der Waals surface area contributed by atoms with E-state index < -0.39 is 11.6 Å². The van der Waals surface area contributed by atoms with Crippen molar-refractivity contribution in [3.8, 4) is 11.8 Å². The van der Waals surface area contributed by atoms with E-state index in [2.05, 4.69) is 18.8 Å². The van der Waals surface area contributed by atoms with Crippen LogP contribution < -0.4 is 5.73 Å². The van der Waals surface area contributed by atoms with Gasteiger partial charge in [-0.3, -0.25) is 0 Å². The SMILES string of the molecule is CCCCCCCCCCCCCC#CC(C)(O)[C@@H](N)CO. The second kappa shape index (κ2) is 14.1. The van der Waals surface area contributed by atoms with Crippen molar-refractivity contribution in [2.24, 2.45) is 5.73 Å². The molecule has 0 bridgehead atoms. The molecule has 0 fully saturated rings. The van der Waals surface area contributed by atoms with Crippen molar-refractivity contribution in [3.63, 3.8) is 0 Å². The number of hydrogen-bond donors (Lipinski definition) is 3. The fraction of sp³-hybridized carbons (Fsp3) is 0.895. The smallest absolute Gasteiger partial charge is 0.139 e. The van der Waals surface area contributed by atoms with Crippen LogP contribution in [-0.2, 0) is 0 Å². The van der Waals surface area contributed by atoms with Crippen LogP contribution in [0.3, 0.4) is 0 Å². The minimum atomic E-state index is -1.29. The van der Waals surface area contributed by atoms with E-state index in [0.29, 0.717) is 0 Å². The molecule has 0 aliphatic rings. The fourth-order valence-corrected chi connectivity index (χ4v) is 2.39. The van der Waals surface area contributed by atoms with Gasteiger partial charge in [0.2, 0.25) is 0 Å². The summed E-state index contributed by atoms with van der Waals surface area (Å²) < 4.78 is 0. The number of aliphatic hydroxyl groups excluding tert-OH is 1. The molecule has 3 nitrogen and oxygen atoms in total. The monoisotopic (exact) mass is 311 g/mol. The Morgan fingerprint density at radius 3 is 1.82 bits per heavy atom. The lowest BCUT2D eigenvalue weighted by atomic mass is 9.98. The molecule has 2 atom stereocenters. The summed E-state index contributed by atoms with van der Waals surface area (Å²) >= 11 is 0. The van der Waals surface area contributed by atoms with Crippen LogP contribution in [0, 0.1) is 11.8 Å². The molecule has 4 N–H and O–H groups in total. The molecule has 0 heterocycles. The number of aliphatic hydroxyl groups is 2. The van der Waals surface area contributed by atoms with Crippen molar-refractivity contribution in [3.05, 3.63) is 0 Å². The predicted octanol–water partition coefficient (Wildman–Crippen LogP) is 3.76. The van der Waals surface area contributed by atoms with Crippen LogP contribution in [-0.4, -0.2) is 28.5 Å². The second-order valence-electron chi connectivity index (χ2n) is 6.52. The highest BCUT2D eigenvalue weighted by Gasteiger charge is 2.25. The molecule has 0 spiro atoms. The molecule has 0 amide bonds. The summed E-state index contributed by atoms with van der Waals surface area (Å²) in [6.07, 6.45) is 15.3. The van der Waals surface area contributed by atoms with Gasteiger partial charge in [-0.15, -0.1) is 5.92 Å². The average molecular weight is 312 g/mol. The van der Waals surface area contributed by atoms with Crippen LogP contribution in [0.2, 0.25) is 0 Å². The average Bonchev–Trinajstić information content (AvgIpc) is 2.50. The molecule has 0 aromatic heterocycles. The molecule has 0 aromatic carbocycles. The molecular weight excluding hydrogens is 274 g/mol. The van der Waals surface area contributed by atoms with E-state index in [-0.39, 0.29) is 6.61 Å². The number of hydrogen-bond acceptors (Lipinski definition) is 3. The zero-order chi connectivity index (χ0) is 16.7. The van der Waals surface area contributed by atoms with Gasteiger partial charge in [0.1, 0.15) is 5.60 Å². The van der Waals surface area contributed by atoms with E-state index >= 15 is 0 Å². The van der Waals surface area contributed by atoms with Gasteiger partial charge in [0.15, 0.2) is 0 Å². The first-order chi connectivity index (χ1) is 10.5. The van der Waals surface area contributed by atoms with Crippen molar-refractivity contribution >= 4 is 0 Å². The van der Waals surface area contributed by atoms with Crippen molar-refractivity contribution in [2.75, 3.05) is 6.61 Å². The van der Waals surface area contributed by atoms with E-state index in [1.165, 1.54) is 64.2 Å². The first kappa shape index (κ1) is 21.4. The Labute approximate surface area is 137 Å². The quantitative estimate of drug-likeness (QED) is 0.358. The Kier molecular flexibility index (Phi) is 13.7. The third-order valence-corrected chi connectivity index (χ3v) is 4.17. The van der Waals surface area contributed by atoms with Crippen LogP contribution in [0.25, 0.3) is 0 Å². The summed E-state index contributed by atoms with van der Waals surface area (Å²) in [5.41, 5.74) is 4.31. The molecule has 0 radical (unpaired) electrons. The summed E-state index contributed by atoms with van der Waals surface area (Å²) in [6, 6.07) is -0.697. The molecule has 0 saturated carbocycles. The van der Waals surface area contributed by atoms with Crippen molar-refractivity contribution in [2.45, 2.75) is 103 Å². The predicted molar refractivity (Wildman–Crippen MR) is 94.5 cm³/mol. The number of unbranched alkanes of at least 4 members (excludes halogenated alkanes) is 11. The third kappa shape index (κ3) is 12.0. The minimum Gasteiger partial charge on any atom is -0.395 e. The number of rotatable bonds is 13. The lowest BCUT2D eigenvalue weighted by Gasteiger charge is -2.22. The molecule has 1 unspecified atom stereocenters. The van der Waals surface area contributed by atoms with Crippen LogP contribution in [0.1, 0.15) is 90.9 Å². The number of nitrogens with two attached hydrogens (primary N) is 1. The zero-order valence-electron chi connectivity index (χ0n) is 14.7. The molecule has 130 valence electrons. The van der Waals surface area contributed by atoms with Gasteiger partial charge in [0.25, 0.3) is 0 Å². The second-order valence-corrected chi connectivity index (χ2v) is 6.52. The minimum absolute atomic E-state index is 0.250. The maximum absolute atomic E-state index is 9.90. The molecular formula is C19H37NO2. The molecule has 0 rings (SSSR count). The van der Waals surface area contributed by atoms with Gasteiger partial charge < -0.3 is 15.9 Å². The van der Waals surface area contributed by atoms with Crippen molar-refractivity contribution in [1.82, 2.24) is 0 Å². The van der Waals surface area contributed by atoms with E-state index in [1.807, 2.05) is 0 Å². The van der Waals surface area contributed by atoms with E-state index in [4.69, 9.17) is 10.8 Å². The highest BCUT2D eigenvalue weighted by molar-refractivity contribution is 5.15. The maximum atomic E-state index is 9.90. The summed E-state index contributed by atoms with van der Waals surface area (Å²) in [6.45, 7) is 3.56. The first-order valence-electron chi connectivity index (χ1n) is 9.13. The largest absolute Gasteiger partial charge is 0.395 e. The molecule has 3 heteroatoms. The van der Waals surface area contributed by atoms with Gasteiger partial charge >= 0.3 is 0 Å². The Balaban J connectivity index is 3.41. The van der Waals surface area contributed by atoms with Crippen LogP contribution in [0.5, 0.6) is 0 Å². The zero-order valence-corrected chi connectivity index (χ0v) is 14.7. The Hall–Kier alpha value is -0.560. The highest BCUT2D eigenvalue weighted by Crippen LogP contribution is 2.12. The van der Waals surface area contributed by atoms with Gasteiger partial charge in [-0.25, -0.2) is 0 Å². The topological polar surface area (TPSA) is 66.5 Å². The molecule has 0 saturated heterocycles. The normalized spacial score (nSPS) is 15.0. The lowest BCUT2D eigenvalue weighted by Crippen LogP contribution is -2.47. The molecule has 0 aliphatic carbocycles. The standard InChI is InChI=1S/C19H37NO2/c1-3-4-5-6-7-8-9-10-11-12-13-14-15-16-19(2,22)18(20)17-21/h18,21-22H,3-14,17,20H2,1-2H3/t18-,19?/m0/s1. The van der Waals surface area contributed by atoms with Gasteiger partial charge in [-0.1, -0.05) is 77.1 Å². The summed E-state index contributed by atoms with van der Waals surface area (Å²) in [5, 5.41) is 18.8. The Bertz CT molecular complexity index is 304. The first-order valence-corrected chi connectivity index (χ1v) is 9.13. The van der Waals surface area contributed by atoms with E-state index in [0.717, 1.165) is 12.8 Å². The fourth-order valence-electron chi connectivity index (χ4n) is 2.39. The molecule has 22 heavy (non-hydrogen) atoms.